The minimum absolute atomic E-state index is 0.128. The summed E-state index contributed by atoms with van der Waals surface area (Å²) in [4.78, 5) is 0. The van der Waals surface area contributed by atoms with Gasteiger partial charge in [0.15, 0.2) is 0 Å². The van der Waals surface area contributed by atoms with Crippen molar-refractivity contribution in [2.24, 2.45) is 0 Å². The van der Waals surface area contributed by atoms with E-state index in [1.165, 1.54) is 0 Å². The molecule has 0 saturated carbocycles. The first-order chi connectivity index (χ1) is 5.75. The Balaban J connectivity index is 2.78. The number of rotatable bonds is 3. The zero-order chi connectivity index (χ0) is 8.97. The molecule has 0 fully saturated rings. The highest BCUT2D eigenvalue weighted by molar-refractivity contribution is 5.20. The maximum atomic E-state index is 9.46. The Morgan fingerprint density at radius 1 is 1.33 bits per heavy atom. The largest absolute Gasteiger partial charge is 0.388 e. The van der Waals surface area contributed by atoms with Crippen molar-refractivity contribution in [3.8, 4) is 0 Å². The fraction of sp³-hybridized carbons (Fsp3) is 0.273. The molecule has 0 amide bonds. The Bertz CT molecular complexity index is 240. The van der Waals surface area contributed by atoms with Crippen LogP contribution in [0.3, 0.4) is 0 Å². The van der Waals surface area contributed by atoms with Crippen molar-refractivity contribution >= 4 is 0 Å². The van der Waals surface area contributed by atoms with Crippen LogP contribution in [-0.2, 0) is 0 Å². The maximum absolute atomic E-state index is 9.46. The quantitative estimate of drug-likeness (QED) is 0.676. The van der Waals surface area contributed by atoms with E-state index in [9.17, 15) is 5.11 Å². The van der Waals surface area contributed by atoms with E-state index in [1.807, 2.05) is 37.3 Å². The van der Waals surface area contributed by atoms with E-state index in [0.717, 1.165) is 5.56 Å². The van der Waals surface area contributed by atoms with Crippen LogP contribution in [0, 0.1) is 0 Å². The Labute approximate surface area is 73.4 Å². The van der Waals surface area contributed by atoms with Crippen LogP contribution in [0.25, 0.3) is 0 Å². The van der Waals surface area contributed by atoms with Crippen molar-refractivity contribution in [3.05, 3.63) is 48.6 Å². The molecule has 1 heteroatoms. The standard InChI is InChI=1S/C11H14O/c1-3-11(12)9(2)10-7-5-4-6-8-10/h3-9,11-12H,1H2,2H3/t9-,11-/m0/s1. The molecular formula is C11H14O. The number of benzene rings is 1. The Hall–Kier alpha value is -1.08. The molecule has 0 aliphatic heterocycles. The normalized spacial score (nSPS) is 15.2. The van der Waals surface area contributed by atoms with E-state index in [2.05, 4.69) is 6.58 Å². The second-order valence-electron chi connectivity index (χ2n) is 2.93. The second-order valence-corrected chi connectivity index (χ2v) is 2.93. The van der Waals surface area contributed by atoms with Crippen LogP contribution < -0.4 is 0 Å². The van der Waals surface area contributed by atoms with Crippen LogP contribution in [0.15, 0.2) is 43.0 Å². The first kappa shape index (κ1) is 9.01. The summed E-state index contributed by atoms with van der Waals surface area (Å²) in [6.45, 7) is 5.54. The summed E-state index contributed by atoms with van der Waals surface area (Å²) in [5.74, 6) is 0.128. The van der Waals surface area contributed by atoms with Gasteiger partial charge in [0.05, 0.1) is 6.10 Å². The first-order valence-corrected chi connectivity index (χ1v) is 4.11. The number of aliphatic hydroxyl groups excluding tert-OH is 1. The van der Waals surface area contributed by atoms with Crippen LogP contribution >= 0.6 is 0 Å². The van der Waals surface area contributed by atoms with Crippen LogP contribution in [0.4, 0.5) is 0 Å². The van der Waals surface area contributed by atoms with Crippen molar-refractivity contribution < 1.29 is 5.11 Å². The molecule has 0 aliphatic rings. The highest BCUT2D eigenvalue weighted by atomic mass is 16.3. The minimum Gasteiger partial charge on any atom is -0.388 e. The molecule has 0 saturated heterocycles. The highest BCUT2D eigenvalue weighted by Gasteiger charge is 2.11. The maximum Gasteiger partial charge on any atom is 0.0784 e. The molecule has 1 aromatic rings. The van der Waals surface area contributed by atoms with E-state index in [0.29, 0.717) is 0 Å². The van der Waals surface area contributed by atoms with Crippen LogP contribution in [0.5, 0.6) is 0 Å². The van der Waals surface area contributed by atoms with Gasteiger partial charge in [0.2, 0.25) is 0 Å². The smallest absolute Gasteiger partial charge is 0.0784 e. The molecule has 0 bridgehead atoms. The summed E-state index contributed by atoms with van der Waals surface area (Å²) >= 11 is 0. The number of aliphatic hydroxyl groups is 1. The topological polar surface area (TPSA) is 20.2 Å². The van der Waals surface area contributed by atoms with Crippen molar-refractivity contribution in [1.82, 2.24) is 0 Å². The molecule has 1 N–H and O–H groups in total. The molecule has 1 rings (SSSR count). The summed E-state index contributed by atoms with van der Waals surface area (Å²) in [7, 11) is 0. The SMILES string of the molecule is C=C[C@H](O)[C@@H](C)c1ccccc1. The van der Waals surface area contributed by atoms with Gasteiger partial charge < -0.3 is 5.11 Å². The zero-order valence-corrected chi connectivity index (χ0v) is 7.27. The average Bonchev–Trinajstić information content (AvgIpc) is 2.17. The lowest BCUT2D eigenvalue weighted by atomic mass is 9.96. The molecule has 0 unspecified atom stereocenters. The third-order valence-corrected chi connectivity index (χ3v) is 2.08. The molecule has 0 radical (unpaired) electrons. The van der Waals surface area contributed by atoms with Gasteiger partial charge in [-0.25, -0.2) is 0 Å². The third-order valence-electron chi connectivity index (χ3n) is 2.08. The van der Waals surface area contributed by atoms with E-state index in [-0.39, 0.29) is 5.92 Å². The summed E-state index contributed by atoms with van der Waals surface area (Å²) in [6, 6.07) is 9.94. The lowest BCUT2D eigenvalue weighted by Crippen LogP contribution is -2.11. The van der Waals surface area contributed by atoms with Gasteiger partial charge in [0, 0.05) is 5.92 Å². The predicted octanol–water partition coefficient (Wildman–Crippen LogP) is 2.34. The van der Waals surface area contributed by atoms with Crippen molar-refractivity contribution in [2.75, 3.05) is 0 Å². The fourth-order valence-corrected chi connectivity index (χ4v) is 1.16. The van der Waals surface area contributed by atoms with Crippen LogP contribution in [0.2, 0.25) is 0 Å². The van der Waals surface area contributed by atoms with Crippen molar-refractivity contribution in [2.45, 2.75) is 18.9 Å². The Morgan fingerprint density at radius 3 is 2.42 bits per heavy atom. The van der Waals surface area contributed by atoms with Crippen LogP contribution in [0.1, 0.15) is 18.4 Å². The van der Waals surface area contributed by atoms with Gasteiger partial charge in [-0.05, 0) is 5.56 Å². The summed E-state index contributed by atoms with van der Waals surface area (Å²) in [6.07, 6.45) is 1.12. The van der Waals surface area contributed by atoms with Gasteiger partial charge in [-0.15, -0.1) is 6.58 Å². The fourth-order valence-electron chi connectivity index (χ4n) is 1.16. The monoisotopic (exact) mass is 162 g/mol. The first-order valence-electron chi connectivity index (χ1n) is 4.11. The van der Waals surface area contributed by atoms with Gasteiger partial charge in [-0.2, -0.15) is 0 Å². The van der Waals surface area contributed by atoms with E-state index in [1.54, 1.807) is 6.08 Å². The summed E-state index contributed by atoms with van der Waals surface area (Å²) in [5, 5.41) is 9.46. The molecule has 0 aliphatic carbocycles. The lowest BCUT2D eigenvalue weighted by Gasteiger charge is -2.14. The van der Waals surface area contributed by atoms with E-state index < -0.39 is 6.10 Å². The Kier molecular flexibility index (Phi) is 3.06. The molecule has 1 nitrogen and oxygen atoms in total. The van der Waals surface area contributed by atoms with E-state index in [4.69, 9.17) is 0 Å². The number of hydrogen-bond donors (Lipinski definition) is 1. The molecule has 0 heterocycles. The zero-order valence-electron chi connectivity index (χ0n) is 7.27. The van der Waals surface area contributed by atoms with Crippen molar-refractivity contribution in [1.29, 1.82) is 0 Å². The predicted molar refractivity (Wildman–Crippen MR) is 51.1 cm³/mol. The van der Waals surface area contributed by atoms with Gasteiger partial charge in [0.1, 0.15) is 0 Å². The average molecular weight is 162 g/mol. The number of hydrogen-bond acceptors (Lipinski definition) is 1. The second kappa shape index (κ2) is 4.07. The van der Waals surface area contributed by atoms with Gasteiger partial charge in [0.25, 0.3) is 0 Å². The van der Waals surface area contributed by atoms with Gasteiger partial charge in [-0.1, -0.05) is 43.3 Å². The summed E-state index contributed by atoms with van der Waals surface area (Å²) in [5.41, 5.74) is 1.14. The highest BCUT2D eigenvalue weighted by Crippen LogP contribution is 2.18. The lowest BCUT2D eigenvalue weighted by molar-refractivity contribution is 0.197. The summed E-state index contributed by atoms with van der Waals surface area (Å²) < 4.78 is 0. The minimum atomic E-state index is -0.451. The van der Waals surface area contributed by atoms with E-state index >= 15 is 0 Å². The molecule has 0 aromatic heterocycles. The van der Waals surface area contributed by atoms with Gasteiger partial charge >= 0.3 is 0 Å². The molecule has 1 aromatic carbocycles. The molecule has 64 valence electrons. The molecular weight excluding hydrogens is 148 g/mol. The Morgan fingerprint density at radius 2 is 1.92 bits per heavy atom. The third kappa shape index (κ3) is 1.95. The molecule has 12 heavy (non-hydrogen) atoms. The van der Waals surface area contributed by atoms with Crippen LogP contribution in [-0.4, -0.2) is 11.2 Å². The van der Waals surface area contributed by atoms with Gasteiger partial charge in [-0.3, -0.25) is 0 Å². The molecule has 0 spiro atoms. The van der Waals surface area contributed by atoms with Crippen molar-refractivity contribution in [3.63, 3.8) is 0 Å². The molecule has 2 atom stereocenters.